The molecule has 0 atom stereocenters. The van der Waals surface area contributed by atoms with Crippen molar-refractivity contribution in [1.82, 2.24) is 5.32 Å². The molecule has 1 aliphatic rings. The summed E-state index contributed by atoms with van der Waals surface area (Å²) < 4.78 is 37.9. The van der Waals surface area contributed by atoms with E-state index in [0.29, 0.717) is 25.7 Å². The van der Waals surface area contributed by atoms with E-state index >= 15 is 0 Å². The summed E-state index contributed by atoms with van der Waals surface area (Å²) in [7, 11) is 0. The number of carboxylic acids is 1. The molecule has 7 heteroatoms. The van der Waals surface area contributed by atoms with Crippen LogP contribution in [-0.4, -0.2) is 22.5 Å². The number of halogens is 3. The average molecular weight is 315 g/mol. The zero-order valence-corrected chi connectivity index (χ0v) is 11.7. The minimum absolute atomic E-state index is 0.200. The van der Waals surface area contributed by atoms with Crippen LogP contribution in [0, 0.1) is 0 Å². The Morgan fingerprint density at radius 1 is 1.23 bits per heavy atom. The Hall–Kier alpha value is -2.05. The number of carbonyl (C=O) groups is 2. The topological polar surface area (TPSA) is 66.4 Å². The van der Waals surface area contributed by atoms with E-state index in [9.17, 15) is 27.9 Å². The highest BCUT2D eigenvalue weighted by molar-refractivity contribution is 5.88. The summed E-state index contributed by atoms with van der Waals surface area (Å²) in [5.74, 6) is -1.67. The molecule has 22 heavy (non-hydrogen) atoms. The van der Waals surface area contributed by atoms with Crippen LogP contribution in [0.3, 0.4) is 0 Å². The minimum atomic E-state index is -4.47. The van der Waals surface area contributed by atoms with Gasteiger partial charge in [-0.05, 0) is 24.5 Å². The molecule has 0 radical (unpaired) electrons. The molecule has 1 fully saturated rings. The first kappa shape index (κ1) is 16.3. The van der Waals surface area contributed by atoms with Gasteiger partial charge in [0.1, 0.15) is 5.54 Å². The van der Waals surface area contributed by atoms with E-state index in [-0.39, 0.29) is 12.0 Å². The maximum absolute atomic E-state index is 12.6. The Kier molecular flexibility index (Phi) is 4.44. The number of aliphatic carboxylic acids is 1. The van der Waals surface area contributed by atoms with Gasteiger partial charge in [0, 0.05) is 0 Å². The van der Waals surface area contributed by atoms with Gasteiger partial charge in [-0.25, -0.2) is 4.79 Å². The van der Waals surface area contributed by atoms with Gasteiger partial charge in [-0.1, -0.05) is 31.0 Å². The molecule has 1 aliphatic carbocycles. The Labute approximate surface area is 125 Å². The Morgan fingerprint density at radius 2 is 1.86 bits per heavy atom. The summed E-state index contributed by atoms with van der Waals surface area (Å²) in [4.78, 5) is 23.3. The molecule has 1 saturated carbocycles. The second-order valence-electron chi connectivity index (χ2n) is 5.52. The summed E-state index contributed by atoms with van der Waals surface area (Å²) >= 11 is 0. The molecule has 0 aliphatic heterocycles. The number of rotatable bonds is 4. The molecule has 2 rings (SSSR count). The Morgan fingerprint density at radius 3 is 2.41 bits per heavy atom. The fourth-order valence-electron chi connectivity index (χ4n) is 2.72. The first-order valence-corrected chi connectivity index (χ1v) is 6.93. The Balaban J connectivity index is 2.08. The lowest BCUT2D eigenvalue weighted by Gasteiger charge is -2.25. The van der Waals surface area contributed by atoms with Gasteiger partial charge in [-0.3, -0.25) is 4.79 Å². The lowest BCUT2D eigenvalue weighted by molar-refractivity contribution is -0.147. The van der Waals surface area contributed by atoms with E-state index in [1.54, 1.807) is 0 Å². The second-order valence-corrected chi connectivity index (χ2v) is 5.52. The monoisotopic (exact) mass is 315 g/mol. The number of amides is 1. The van der Waals surface area contributed by atoms with Gasteiger partial charge in [0.05, 0.1) is 12.0 Å². The summed E-state index contributed by atoms with van der Waals surface area (Å²) in [6.07, 6.45) is -2.65. The quantitative estimate of drug-likeness (QED) is 0.898. The minimum Gasteiger partial charge on any atom is -0.480 e. The van der Waals surface area contributed by atoms with Gasteiger partial charge < -0.3 is 10.4 Å². The van der Waals surface area contributed by atoms with Crippen LogP contribution in [-0.2, 0) is 22.2 Å². The van der Waals surface area contributed by atoms with E-state index in [1.807, 2.05) is 0 Å². The highest BCUT2D eigenvalue weighted by Gasteiger charge is 2.42. The molecule has 1 amide bonds. The smallest absolute Gasteiger partial charge is 0.416 e. The fraction of sp³-hybridized carbons (Fsp3) is 0.467. The lowest BCUT2D eigenvalue weighted by Crippen LogP contribution is -2.52. The third-order valence-electron chi connectivity index (χ3n) is 3.86. The molecule has 2 N–H and O–H groups in total. The summed E-state index contributed by atoms with van der Waals surface area (Å²) in [5.41, 5.74) is -1.91. The number of carbonyl (C=O) groups excluding carboxylic acids is 1. The average Bonchev–Trinajstić information content (AvgIpc) is 2.87. The van der Waals surface area contributed by atoms with Crippen LogP contribution in [0.15, 0.2) is 24.3 Å². The van der Waals surface area contributed by atoms with Crippen molar-refractivity contribution in [1.29, 1.82) is 0 Å². The van der Waals surface area contributed by atoms with Crippen LogP contribution in [0.4, 0.5) is 13.2 Å². The number of hydrogen-bond donors (Lipinski definition) is 2. The third-order valence-corrected chi connectivity index (χ3v) is 3.86. The van der Waals surface area contributed by atoms with E-state index in [4.69, 9.17) is 0 Å². The zero-order chi connectivity index (χ0) is 16.4. The van der Waals surface area contributed by atoms with Crippen LogP contribution >= 0.6 is 0 Å². The van der Waals surface area contributed by atoms with E-state index < -0.39 is 29.2 Å². The summed E-state index contributed by atoms with van der Waals surface area (Å²) in [5, 5.41) is 11.7. The number of alkyl halides is 3. The zero-order valence-electron chi connectivity index (χ0n) is 11.7. The van der Waals surface area contributed by atoms with Crippen molar-refractivity contribution in [2.45, 2.75) is 43.8 Å². The van der Waals surface area contributed by atoms with Crippen molar-refractivity contribution in [3.63, 3.8) is 0 Å². The molecule has 0 bridgehead atoms. The van der Waals surface area contributed by atoms with Crippen LogP contribution < -0.4 is 5.32 Å². The molecule has 0 aromatic heterocycles. The molecule has 4 nitrogen and oxygen atoms in total. The van der Waals surface area contributed by atoms with Crippen molar-refractivity contribution in [2.75, 3.05) is 0 Å². The maximum atomic E-state index is 12.6. The normalized spacial score (nSPS) is 17.2. The molecular formula is C15H16F3NO3. The molecule has 1 aromatic rings. The first-order valence-electron chi connectivity index (χ1n) is 6.93. The number of benzene rings is 1. The van der Waals surface area contributed by atoms with Gasteiger partial charge in [-0.15, -0.1) is 0 Å². The van der Waals surface area contributed by atoms with E-state index in [0.717, 1.165) is 12.1 Å². The van der Waals surface area contributed by atoms with Crippen molar-refractivity contribution >= 4 is 11.9 Å². The van der Waals surface area contributed by atoms with Crippen LogP contribution in [0.25, 0.3) is 0 Å². The molecule has 0 heterocycles. The van der Waals surface area contributed by atoms with Crippen molar-refractivity contribution in [3.05, 3.63) is 35.4 Å². The maximum Gasteiger partial charge on any atom is 0.416 e. The number of carboxylic acid groups (broad SMARTS) is 1. The largest absolute Gasteiger partial charge is 0.480 e. The number of hydrogen-bond acceptors (Lipinski definition) is 2. The highest BCUT2D eigenvalue weighted by atomic mass is 19.4. The van der Waals surface area contributed by atoms with Gasteiger partial charge in [-0.2, -0.15) is 13.2 Å². The fourth-order valence-corrected chi connectivity index (χ4v) is 2.72. The van der Waals surface area contributed by atoms with Crippen LogP contribution in [0.5, 0.6) is 0 Å². The molecule has 0 saturated heterocycles. The predicted octanol–water partition coefficient (Wildman–Crippen LogP) is 2.76. The first-order chi connectivity index (χ1) is 10.2. The molecule has 0 spiro atoms. The van der Waals surface area contributed by atoms with Crippen LogP contribution in [0.1, 0.15) is 36.8 Å². The van der Waals surface area contributed by atoms with Gasteiger partial charge >= 0.3 is 12.1 Å². The lowest BCUT2D eigenvalue weighted by atomic mass is 9.97. The highest BCUT2D eigenvalue weighted by Crippen LogP contribution is 2.31. The SMILES string of the molecule is O=C(Cc1cccc(C(F)(F)F)c1)NC1(C(=O)O)CCCC1. The van der Waals surface area contributed by atoms with Crippen molar-refractivity contribution in [3.8, 4) is 0 Å². The van der Waals surface area contributed by atoms with Crippen LogP contribution in [0.2, 0.25) is 0 Å². The van der Waals surface area contributed by atoms with Crippen molar-refractivity contribution in [2.24, 2.45) is 0 Å². The van der Waals surface area contributed by atoms with Gasteiger partial charge in [0.25, 0.3) is 0 Å². The summed E-state index contributed by atoms with van der Waals surface area (Å²) in [6.45, 7) is 0. The molecule has 120 valence electrons. The molecular weight excluding hydrogens is 299 g/mol. The van der Waals surface area contributed by atoms with E-state index in [2.05, 4.69) is 5.32 Å². The van der Waals surface area contributed by atoms with E-state index in [1.165, 1.54) is 12.1 Å². The molecule has 1 aromatic carbocycles. The standard InChI is InChI=1S/C15H16F3NO3/c16-15(17,18)11-5-3-4-10(8-11)9-12(20)19-14(13(21)22)6-1-2-7-14/h3-5,8H,1-2,6-7,9H2,(H,19,20)(H,21,22). The van der Waals surface area contributed by atoms with Gasteiger partial charge in [0.2, 0.25) is 5.91 Å². The third kappa shape index (κ3) is 3.58. The Bertz CT molecular complexity index is 578. The number of nitrogens with one attached hydrogen (secondary N) is 1. The molecule has 0 unspecified atom stereocenters. The second kappa shape index (κ2) is 5.98. The van der Waals surface area contributed by atoms with Gasteiger partial charge in [0.15, 0.2) is 0 Å². The summed E-state index contributed by atoms with van der Waals surface area (Å²) in [6, 6.07) is 4.48. The van der Waals surface area contributed by atoms with Crippen molar-refractivity contribution < 1.29 is 27.9 Å². The predicted molar refractivity (Wildman–Crippen MR) is 72.1 cm³/mol.